The summed E-state index contributed by atoms with van der Waals surface area (Å²) in [6, 6.07) is 0. The predicted molar refractivity (Wildman–Crippen MR) is 41.1 cm³/mol. The number of hydrogen-bond acceptors (Lipinski definition) is 4. The van der Waals surface area contributed by atoms with Gasteiger partial charge in [-0.3, -0.25) is 4.99 Å². The molecule has 1 rings (SSSR count). The monoisotopic (exact) mass is 190 g/mol. The molecule has 0 atom stereocenters. The Labute approximate surface area is 68.5 Å². The Morgan fingerprint density at radius 3 is 2.50 bits per heavy atom. The summed E-state index contributed by atoms with van der Waals surface area (Å²) in [4.78, 5) is 13.0. The highest BCUT2D eigenvalue weighted by Crippen LogP contribution is 2.13. The fraction of sp³-hybridized carbons (Fsp3) is 0.200. The molecule has 0 aromatic rings. The van der Waals surface area contributed by atoms with E-state index in [1.54, 1.807) is 0 Å². The molecule has 1 aliphatic heterocycles. The van der Waals surface area contributed by atoms with Crippen molar-refractivity contribution in [2.45, 2.75) is 0 Å². The zero-order valence-corrected chi connectivity index (χ0v) is 6.92. The van der Waals surface area contributed by atoms with Crippen LogP contribution in [0.4, 0.5) is 0 Å². The number of carboxylic acid groups (broad SMARTS) is 1. The third kappa shape index (κ3) is 1.07. The van der Waals surface area contributed by atoms with Crippen molar-refractivity contribution >= 4 is 21.0 Å². The fourth-order valence-corrected chi connectivity index (χ4v) is 1.85. The van der Waals surface area contributed by atoms with Crippen LogP contribution in [0, 0.1) is 0 Å². The highest BCUT2D eigenvalue weighted by atomic mass is 32.2. The maximum Gasteiger partial charge on any atom is 0.349 e. The first-order valence-corrected chi connectivity index (χ1v) is 4.40. The second-order valence-electron chi connectivity index (χ2n) is 1.99. The topological polar surface area (TPSA) is 95.8 Å². The molecule has 6 nitrogen and oxygen atoms in total. The molecule has 0 radical (unpaired) electrons. The number of nitrogens with one attached hydrogen (secondary N) is 1. The number of aliphatic carboxylic acids is 1. The minimum atomic E-state index is -3.88. The summed E-state index contributed by atoms with van der Waals surface area (Å²) in [5.74, 6) is -1.49. The van der Waals surface area contributed by atoms with Crippen molar-refractivity contribution in [1.82, 2.24) is 5.32 Å². The molecule has 1 aliphatic rings. The molecular formula is C5H6N2O4S. The number of aliphatic imine (C=N–C) groups is 1. The molecule has 0 aliphatic carbocycles. The van der Waals surface area contributed by atoms with Gasteiger partial charge in [-0.1, -0.05) is 0 Å². The van der Waals surface area contributed by atoms with Crippen molar-refractivity contribution in [3.05, 3.63) is 11.1 Å². The van der Waals surface area contributed by atoms with Crippen LogP contribution in [0.1, 0.15) is 0 Å². The van der Waals surface area contributed by atoms with Gasteiger partial charge in [-0.25, -0.2) is 13.2 Å². The van der Waals surface area contributed by atoms with E-state index in [1.165, 1.54) is 7.05 Å². The average Bonchev–Trinajstić information content (AvgIpc) is 2.24. The smallest absolute Gasteiger partial charge is 0.349 e. The van der Waals surface area contributed by atoms with Gasteiger partial charge in [0.2, 0.25) is 15.0 Å². The molecule has 0 saturated heterocycles. The van der Waals surface area contributed by atoms with Gasteiger partial charge in [0, 0.05) is 13.2 Å². The lowest BCUT2D eigenvalue weighted by molar-refractivity contribution is -0.131. The van der Waals surface area contributed by atoms with Crippen molar-refractivity contribution in [3.8, 4) is 0 Å². The first kappa shape index (κ1) is 8.72. The van der Waals surface area contributed by atoms with E-state index in [0.717, 1.165) is 6.20 Å². The summed E-state index contributed by atoms with van der Waals surface area (Å²) in [6.45, 7) is 0. The molecule has 66 valence electrons. The summed E-state index contributed by atoms with van der Waals surface area (Å²) in [6.07, 6.45) is 0.903. The van der Waals surface area contributed by atoms with Crippen LogP contribution < -0.4 is 5.32 Å². The van der Waals surface area contributed by atoms with E-state index in [9.17, 15) is 13.2 Å². The Morgan fingerprint density at radius 2 is 2.25 bits per heavy atom. The number of amidine groups is 1. The van der Waals surface area contributed by atoms with Gasteiger partial charge < -0.3 is 10.4 Å². The Morgan fingerprint density at radius 1 is 1.67 bits per heavy atom. The Balaban J connectivity index is 3.23. The summed E-state index contributed by atoms with van der Waals surface area (Å²) in [7, 11) is -2.61. The van der Waals surface area contributed by atoms with Crippen LogP contribution in [0.25, 0.3) is 0 Å². The zero-order valence-electron chi connectivity index (χ0n) is 6.10. The van der Waals surface area contributed by atoms with Crippen LogP contribution in [0.15, 0.2) is 16.1 Å². The van der Waals surface area contributed by atoms with Crippen LogP contribution in [-0.2, 0) is 14.6 Å². The van der Waals surface area contributed by atoms with Crippen molar-refractivity contribution in [3.63, 3.8) is 0 Å². The van der Waals surface area contributed by atoms with Crippen LogP contribution >= 0.6 is 0 Å². The molecule has 0 fully saturated rings. The number of sulfone groups is 1. The van der Waals surface area contributed by atoms with E-state index in [2.05, 4.69) is 10.3 Å². The van der Waals surface area contributed by atoms with E-state index in [4.69, 9.17) is 5.11 Å². The lowest BCUT2D eigenvalue weighted by atomic mass is 10.6. The van der Waals surface area contributed by atoms with Crippen LogP contribution in [0.5, 0.6) is 0 Å². The van der Waals surface area contributed by atoms with Gasteiger partial charge >= 0.3 is 5.97 Å². The maximum atomic E-state index is 11.1. The second-order valence-corrected chi connectivity index (χ2v) is 3.82. The molecular weight excluding hydrogens is 184 g/mol. The van der Waals surface area contributed by atoms with Crippen molar-refractivity contribution in [1.29, 1.82) is 0 Å². The quantitative estimate of drug-likeness (QED) is 0.548. The molecule has 0 spiro atoms. The molecule has 0 unspecified atom stereocenters. The van der Waals surface area contributed by atoms with Gasteiger partial charge in [0.15, 0.2) is 4.91 Å². The van der Waals surface area contributed by atoms with Crippen molar-refractivity contribution in [2.24, 2.45) is 4.99 Å². The summed E-state index contributed by atoms with van der Waals surface area (Å²) in [5, 5.41) is 10.3. The van der Waals surface area contributed by atoms with Gasteiger partial charge in [0.25, 0.3) is 0 Å². The minimum absolute atomic E-state index is 0.333. The molecule has 0 saturated carbocycles. The molecule has 0 aromatic heterocycles. The van der Waals surface area contributed by atoms with Gasteiger partial charge in [-0.05, 0) is 0 Å². The normalized spacial score (nSPS) is 23.4. The van der Waals surface area contributed by atoms with Gasteiger partial charge in [0.05, 0.1) is 0 Å². The zero-order chi connectivity index (χ0) is 9.35. The molecule has 2 N–H and O–H groups in total. The van der Waals surface area contributed by atoms with Crippen molar-refractivity contribution < 1.29 is 18.3 Å². The Hall–Kier alpha value is -1.37. The number of nitrogens with zero attached hydrogens (tertiary/aromatic N) is 1. The maximum absolute atomic E-state index is 11.1. The van der Waals surface area contributed by atoms with Crippen LogP contribution in [0.3, 0.4) is 0 Å². The predicted octanol–water partition coefficient (Wildman–Crippen LogP) is -1.08. The van der Waals surface area contributed by atoms with Crippen LogP contribution in [-0.4, -0.2) is 31.7 Å². The largest absolute Gasteiger partial charge is 0.477 e. The number of rotatable bonds is 1. The summed E-state index contributed by atoms with van der Waals surface area (Å²) >= 11 is 0. The lowest BCUT2D eigenvalue weighted by Gasteiger charge is -1.95. The van der Waals surface area contributed by atoms with Gasteiger partial charge in [-0.15, -0.1) is 0 Å². The highest BCUT2D eigenvalue weighted by molar-refractivity contribution is 8.10. The standard InChI is InChI=1S/C5H6N2O4S/c1-6-5-7-2-3(4(8)9)12(5,10)11/h2H,1H3,(H,6,7)(H,8,9). The SMILES string of the molecule is CN=C1NC=C(C(=O)O)S1(=O)=O. The minimum Gasteiger partial charge on any atom is -0.477 e. The Bertz CT molecular complexity index is 378. The van der Waals surface area contributed by atoms with Crippen LogP contribution in [0.2, 0.25) is 0 Å². The molecule has 0 bridgehead atoms. The van der Waals surface area contributed by atoms with Gasteiger partial charge in [0.1, 0.15) is 0 Å². The number of carbonyl (C=O) groups is 1. The first-order chi connectivity index (χ1) is 5.50. The number of carboxylic acids is 1. The Kier molecular flexibility index (Phi) is 1.89. The van der Waals surface area contributed by atoms with Gasteiger partial charge in [-0.2, -0.15) is 0 Å². The third-order valence-electron chi connectivity index (χ3n) is 1.28. The van der Waals surface area contributed by atoms with E-state index in [0.29, 0.717) is 0 Å². The molecule has 12 heavy (non-hydrogen) atoms. The summed E-state index contributed by atoms with van der Waals surface area (Å²) in [5.41, 5.74) is 0. The number of hydrogen-bond donors (Lipinski definition) is 2. The summed E-state index contributed by atoms with van der Waals surface area (Å²) < 4.78 is 22.2. The van der Waals surface area contributed by atoms with E-state index < -0.39 is 20.7 Å². The molecule has 0 aromatic carbocycles. The molecule has 1 heterocycles. The van der Waals surface area contributed by atoms with E-state index in [-0.39, 0.29) is 5.17 Å². The lowest BCUT2D eigenvalue weighted by Crippen LogP contribution is -2.22. The third-order valence-corrected chi connectivity index (χ3v) is 2.97. The van der Waals surface area contributed by atoms with E-state index >= 15 is 0 Å². The van der Waals surface area contributed by atoms with E-state index in [1.807, 2.05) is 0 Å². The average molecular weight is 190 g/mol. The molecule has 7 heteroatoms. The molecule has 0 amide bonds. The highest BCUT2D eigenvalue weighted by Gasteiger charge is 2.34. The fourth-order valence-electron chi connectivity index (χ4n) is 0.748. The van der Waals surface area contributed by atoms with Crippen molar-refractivity contribution in [2.75, 3.05) is 7.05 Å². The first-order valence-electron chi connectivity index (χ1n) is 2.92. The second kappa shape index (κ2) is 2.59.